The number of hydrogen-bond donors (Lipinski definition) is 0. The molecular weight excluding hydrogens is 173 g/mol. The van der Waals surface area contributed by atoms with E-state index in [-0.39, 0.29) is 5.75 Å². The molecule has 0 heterocycles. The number of rotatable bonds is 4. The van der Waals surface area contributed by atoms with E-state index >= 15 is 0 Å². The van der Waals surface area contributed by atoms with Crippen LogP contribution in [-0.4, -0.2) is 17.7 Å². The van der Waals surface area contributed by atoms with Gasteiger partial charge in [0.05, 0.1) is 6.42 Å². The fourth-order valence-corrected chi connectivity index (χ4v) is 1.52. The summed E-state index contributed by atoms with van der Waals surface area (Å²) in [7, 11) is 0. The molecule has 0 spiro atoms. The van der Waals surface area contributed by atoms with Gasteiger partial charge >= 0.3 is 6.18 Å². The summed E-state index contributed by atoms with van der Waals surface area (Å²) >= 11 is 1.37. The highest BCUT2D eigenvalue weighted by atomic mass is 32.2. The Morgan fingerprint density at radius 1 is 1.27 bits per heavy atom. The third kappa shape index (κ3) is 10.1. The smallest absolute Gasteiger partial charge is 0.171 e. The molecule has 0 atom stereocenters. The van der Waals surface area contributed by atoms with Crippen LogP contribution in [0.2, 0.25) is 0 Å². The Balaban J connectivity index is 3.15. The average Bonchev–Trinajstić information content (AvgIpc) is 1.78. The van der Waals surface area contributed by atoms with E-state index in [0.717, 1.165) is 5.75 Å². The van der Waals surface area contributed by atoms with Gasteiger partial charge in [0, 0.05) is 5.75 Å². The summed E-state index contributed by atoms with van der Waals surface area (Å²) in [5, 5.41) is 0. The van der Waals surface area contributed by atoms with Gasteiger partial charge in [-0.05, 0) is 11.7 Å². The first-order chi connectivity index (χ1) is 4.92. The molecule has 0 saturated heterocycles. The molecule has 0 aliphatic heterocycles. The summed E-state index contributed by atoms with van der Waals surface area (Å²) in [5.74, 6) is 1.49. The van der Waals surface area contributed by atoms with E-state index in [1.54, 1.807) is 0 Å². The Labute approximate surface area is 69.5 Å². The lowest BCUT2D eigenvalue weighted by atomic mass is 10.3. The molecule has 0 rings (SSSR count). The van der Waals surface area contributed by atoms with Crippen molar-refractivity contribution in [3.05, 3.63) is 0 Å². The van der Waals surface area contributed by atoms with Crippen LogP contribution in [0.4, 0.5) is 13.2 Å². The molecule has 0 aliphatic carbocycles. The molecule has 0 N–H and O–H groups in total. The number of alkyl halides is 3. The normalized spacial score (nSPS) is 12.5. The molecule has 0 fully saturated rings. The third-order valence-corrected chi connectivity index (χ3v) is 2.38. The number of hydrogen-bond acceptors (Lipinski definition) is 1. The Bertz CT molecular complexity index is 98.3. The van der Waals surface area contributed by atoms with Gasteiger partial charge in [-0.15, -0.1) is 0 Å². The van der Waals surface area contributed by atoms with Crippen molar-refractivity contribution in [2.75, 3.05) is 11.5 Å². The molecule has 11 heavy (non-hydrogen) atoms. The summed E-state index contributed by atoms with van der Waals surface area (Å²) in [4.78, 5) is 0. The summed E-state index contributed by atoms with van der Waals surface area (Å²) in [5.41, 5.74) is 0. The summed E-state index contributed by atoms with van der Waals surface area (Å²) < 4.78 is 34.7. The van der Waals surface area contributed by atoms with Crippen LogP contribution in [0.5, 0.6) is 0 Å². The van der Waals surface area contributed by atoms with Crippen molar-refractivity contribution >= 4 is 11.8 Å². The van der Waals surface area contributed by atoms with Gasteiger partial charge in [0.15, 0.2) is 0 Å². The van der Waals surface area contributed by atoms with Crippen LogP contribution in [0.15, 0.2) is 0 Å². The van der Waals surface area contributed by atoms with Gasteiger partial charge in [0.2, 0.25) is 0 Å². The average molecular weight is 186 g/mol. The van der Waals surface area contributed by atoms with Crippen molar-refractivity contribution < 1.29 is 13.2 Å². The SMILES string of the molecule is CC(C)CSCCC(F)(F)F. The van der Waals surface area contributed by atoms with E-state index in [1.165, 1.54) is 11.8 Å². The van der Waals surface area contributed by atoms with Gasteiger partial charge < -0.3 is 0 Å². The fraction of sp³-hybridized carbons (Fsp3) is 1.00. The molecule has 0 bridgehead atoms. The van der Waals surface area contributed by atoms with Gasteiger partial charge in [0.1, 0.15) is 0 Å². The van der Waals surface area contributed by atoms with E-state index in [9.17, 15) is 13.2 Å². The van der Waals surface area contributed by atoms with Crippen LogP contribution in [0, 0.1) is 5.92 Å². The lowest BCUT2D eigenvalue weighted by Gasteiger charge is -2.06. The number of thioether (sulfide) groups is 1. The second kappa shape index (κ2) is 4.91. The van der Waals surface area contributed by atoms with Crippen molar-refractivity contribution in [2.24, 2.45) is 5.92 Å². The predicted octanol–water partition coefficient (Wildman–Crippen LogP) is 3.33. The van der Waals surface area contributed by atoms with Crippen molar-refractivity contribution in [1.82, 2.24) is 0 Å². The molecule has 0 nitrogen and oxygen atoms in total. The van der Waals surface area contributed by atoms with Gasteiger partial charge in [0.25, 0.3) is 0 Å². The molecule has 0 aromatic heterocycles. The zero-order valence-corrected chi connectivity index (χ0v) is 7.56. The van der Waals surface area contributed by atoms with Crippen molar-refractivity contribution in [1.29, 1.82) is 0 Å². The minimum absolute atomic E-state index is 0.196. The lowest BCUT2D eigenvalue weighted by Crippen LogP contribution is -2.08. The van der Waals surface area contributed by atoms with E-state index in [4.69, 9.17) is 0 Å². The standard InChI is InChI=1S/C7H13F3S/c1-6(2)5-11-4-3-7(8,9)10/h6H,3-5H2,1-2H3. The van der Waals surface area contributed by atoms with Crippen LogP contribution in [0.25, 0.3) is 0 Å². The molecular formula is C7H13F3S. The van der Waals surface area contributed by atoms with E-state index < -0.39 is 12.6 Å². The van der Waals surface area contributed by atoms with Crippen molar-refractivity contribution in [3.8, 4) is 0 Å². The minimum Gasteiger partial charge on any atom is -0.171 e. The maximum Gasteiger partial charge on any atom is 0.389 e. The highest BCUT2D eigenvalue weighted by molar-refractivity contribution is 7.99. The first-order valence-corrected chi connectivity index (χ1v) is 4.72. The third-order valence-electron chi connectivity index (χ3n) is 0.981. The van der Waals surface area contributed by atoms with Gasteiger partial charge in [-0.25, -0.2) is 0 Å². The molecule has 0 aromatic carbocycles. The highest BCUT2D eigenvalue weighted by Crippen LogP contribution is 2.22. The zero-order chi connectivity index (χ0) is 8.91. The van der Waals surface area contributed by atoms with Crippen LogP contribution in [0.3, 0.4) is 0 Å². The maximum absolute atomic E-state index is 11.6. The highest BCUT2D eigenvalue weighted by Gasteiger charge is 2.25. The molecule has 4 heteroatoms. The molecule has 0 aliphatic rings. The summed E-state index contributed by atoms with van der Waals surface area (Å²) in [6.45, 7) is 4.00. The van der Waals surface area contributed by atoms with E-state index in [0.29, 0.717) is 5.92 Å². The molecule has 68 valence electrons. The Kier molecular flexibility index (Phi) is 4.97. The molecule has 0 unspecified atom stereocenters. The maximum atomic E-state index is 11.6. The minimum atomic E-state index is -3.98. The predicted molar refractivity (Wildman–Crippen MR) is 42.8 cm³/mol. The second-order valence-corrected chi connectivity index (χ2v) is 3.98. The quantitative estimate of drug-likeness (QED) is 0.607. The van der Waals surface area contributed by atoms with Crippen LogP contribution in [-0.2, 0) is 0 Å². The van der Waals surface area contributed by atoms with E-state index in [1.807, 2.05) is 13.8 Å². The summed E-state index contributed by atoms with van der Waals surface area (Å²) in [6.07, 6.45) is -4.64. The van der Waals surface area contributed by atoms with Crippen LogP contribution >= 0.6 is 11.8 Å². The first-order valence-electron chi connectivity index (χ1n) is 3.56. The largest absolute Gasteiger partial charge is 0.389 e. The van der Waals surface area contributed by atoms with Crippen LogP contribution in [0.1, 0.15) is 20.3 Å². The lowest BCUT2D eigenvalue weighted by molar-refractivity contribution is -0.129. The summed E-state index contributed by atoms with van der Waals surface area (Å²) in [6, 6.07) is 0. The Hall–Kier alpha value is 0.140. The van der Waals surface area contributed by atoms with Crippen LogP contribution < -0.4 is 0 Å². The Morgan fingerprint density at radius 3 is 2.18 bits per heavy atom. The van der Waals surface area contributed by atoms with Crippen molar-refractivity contribution in [3.63, 3.8) is 0 Å². The zero-order valence-electron chi connectivity index (χ0n) is 6.74. The molecule has 0 amide bonds. The molecule has 0 aromatic rings. The van der Waals surface area contributed by atoms with Gasteiger partial charge in [-0.1, -0.05) is 13.8 Å². The second-order valence-electron chi connectivity index (χ2n) is 2.83. The first kappa shape index (κ1) is 11.1. The van der Waals surface area contributed by atoms with E-state index in [2.05, 4.69) is 0 Å². The van der Waals surface area contributed by atoms with Gasteiger partial charge in [-0.3, -0.25) is 0 Å². The van der Waals surface area contributed by atoms with Gasteiger partial charge in [-0.2, -0.15) is 24.9 Å². The molecule has 0 radical (unpaired) electrons. The monoisotopic (exact) mass is 186 g/mol. The molecule has 0 saturated carbocycles. The topological polar surface area (TPSA) is 0 Å². The number of halogens is 3. The van der Waals surface area contributed by atoms with Crippen molar-refractivity contribution in [2.45, 2.75) is 26.4 Å². The fourth-order valence-electron chi connectivity index (χ4n) is 0.507. The Morgan fingerprint density at radius 2 is 1.82 bits per heavy atom.